The third-order valence-electron chi connectivity index (χ3n) is 5.57. The number of hydrogen-bond acceptors (Lipinski definition) is 8. The number of nitrogens with zero attached hydrogens (tertiary/aromatic N) is 5. The molecule has 4 rings (SSSR count). The molecule has 1 N–H and O–H groups in total. The maximum Gasteiger partial charge on any atom is 0.259 e. The Labute approximate surface area is 202 Å². The van der Waals surface area contributed by atoms with E-state index in [4.69, 9.17) is 8.94 Å². The van der Waals surface area contributed by atoms with Gasteiger partial charge in [0.05, 0.1) is 22.3 Å². The second-order valence-corrected chi connectivity index (χ2v) is 9.57. The van der Waals surface area contributed by atoms with Crippen LogP contribution in [0.3, 0.4) is 0 Å². The molecule has 1 amide bonds. The Morgan fingerprint density at radius 2 is 2.00 bits per heavy atom. The van der Waals surface area contributed by atoms with Gasteiger partial charge in [-0.2, -0.15) is 0 Å². The van der Waals surface area contributed by atoms with Gasteiger partial charge in [0.2, 0.25) is 0 Å². The van der Waals surface area contributed by atoms with Crippen molar-refractivity contribution in [3.05, 3.63) is 40.7 Å². The van der Waals surface area contributed by atoms with Crippen LogP contribution in [0, 0.1) is 26.7 Å². The highest BCUT2D eigenvalue weighted by Crippen LogP contribution is 2.30. The molecule has 0 aromatic carbocycles. The van der Waals surface area contributed by atoms with Crippen LogP contribution < -0.4 is 5.32 Å². The summed E-state index contributed by atoms with van der Waals surface area (Å²) < 4.78 is 13.2. The minimum Gasteiger partial charge on any atom is -0.466 e. The average Bonchev–Trinajstić information content (AvgIpc) is 3.46. The van der Waals surface area contributed by atoms with E-state index >= 15 is 0 Å². The van der Waals surface area contributed by atoms with Gasteiger partial charge in [0.15, 0.2) is 5.16 Å². The standard InChI is InChI=1S/C24H30N6O3S/c1-13(2)12-30-20(27-28-24(30)34-6)8-7-9-25-22(31)18-11-19(17-10-14(3)32-16(17)5)26-23-21(18)15(4)29-33-23/h10-11,13H,7-9,12H2,1-6H3,(H,25,31). The zero-order valence-electron chi connectivity index (χ0n) is 20.4. The fourth-order valence-electron chi connectivity index (χ4n) is 4.04. The summed E-state index contributed by atoms with van der Waals surface area (Å²) in [7, 11) is 0. The number of nitrogens with one attached hydrogen (secondary N) is 1. The number of furan rings is 1. The summed E-state index contributed by atoms with van der Waals surface area (Å²) in [5.41, 5.74) is 2.91. The fourth-order valence-corrected chi connectivity index (χ4v) is 4.57. The van der Waals surface area contributed by atoms with Crippen LogP contribution in [0.5, 0.6) is 0 Å². The van der Waals surface area contributed by atoms with Gasteiger partial charge in [0, 0.05) is 25.1 Å². The Kier molecular flexibility index (Phi) is 7.06. The molecule has 0 atom stereocenters. The fraction of sp³-hybridized carbons (Fsp3) is 0.458. The summed E-state index contributed by atoms with van der Waals surface area (Å²) in [6.07, 6.45) is 3.49. The predicted molar refractivity (Wildman–Crippen MR) is 131 cm³/mol. The van der Waals surface area contributed by atoms with Gasteiger partial charge < -0.3 is 18.8 Å². The van der Waals surface area contributed by atoms with Crippen molar-refractivity contribution in [3.8, 4) is 11.3 Å². The number of aromatic nitrogens is 5. The lowest BCUT2D eigenvalue weighted by Crippen LogP contribution is -2.25. The molecule has 0 radical (unpaired) electrons. The van der Waals surface area contributed by atoms with E-state index in [2.05, 4.69) is 44.1 Å². The smallest absolute Gasteiger partial charge is 0.259 e. The Morgan fingerprint density at radius 1 is 1.21 bits per heavy atom. The Balaban J connectivity index is 1.50. The second kappa shape index (κ2) is 10.0. The molecule has 0 spiro atoms. The molecule has 0 aliphatic rings. The molecule has 0 saturated heterocycles. The van der Waals surface area contributed by atoms with Crippen LogP contribution in [0.1, 0.15) is 53.7 Å². The van der Waals surface area contributed by atoms with Crippen molar-refractivity contribution in [1.29, 1.82) is 0 Å². The molecule has 10 heteroatoms. The highest BCUT2D eigenvalue weighted by atomic mass is 32.2. The van der Waals surface area contributed by atoms with Gasteiger partial charge in [-0.3, -0.25) is 4.79 Å². The summed E-state index contributed by atoms with van der Waals surface area (Å²) in [5.74, 6) is 2.78. The van der Waals surface area contributed by atoms with Gasteiger partial charge in [-0.1, -0.05) is 30.8 Å². The van der Waals surface area contributed by atoms with Crippen molar-refractivity contribution >= 4 is 28.8 Å². The molecule has 4 heterocycles. The van der Waals surface area contributed by atoms with Crippen LogP contribution in [-0.4, -0.2) is 43.6 Å². The number of thioether (sulfide) groups is 1. The van der Waals surface area contributed by atoms with Crippen molar-refractivity contribution in [2.24, 2.45) is 5.92 Å². The molecule has 9 nitrogen and oxygen atoms in total. The quantitative estimate of drug-likeness (QED) is 0.269. The molecule has 180 valence electrons. The summed E-state index contributed by atoms with van der Waals surface area (Å²) >= 11 is 1.60. The molecule has 0 aliphatic heterocycles. The number of carbonyl (C=O) groups is 1. The van der Waals surface area contributed by atoms with Gasteiger partial charge in [-0.25, -0.2) is 4.98 Å². The SMILES string of the molecule is CSc1nnc(CCCNC(=O)c2cc(-c3cc(C)oc3C)nc3onc(C)c23)n1CC(C)C. The molecule has 0 bridgehead atoms. The molecule has 0 fully saturated rings. The van der Waals surface area contributed by atoms with Crippen LogP contribution in [0.25, 0.3) is 22.4 Å². The maximum absolute atomic E-state index is 13.2. The number of amides is 1. The van der Waals surface area contributed by atoms with Gasteiger partial charge in [-0.15, -0.1) is 10.2 Å². The van der Waals surface area contributed by atoms with E-state index in [0.29, 0.717) is 40.5 Å². The van der Waals surface area contributed by atoms with Crippen molar-refractivity contribution in [3.63, 3.8) is 0 Å². The van der Waals surface area contributed by atoms with Crippen molar-refractivity contribution in [2.45, 2.75) is 59.2 Å². The van der Waals surface area contributed by atoms with Crippen molar-refractivity contribution < 1.29 is 13.7 Å². The van der Waals surface area contributed by atoms with Crippen LogP contribution in [-0.2, 0) is 13.0 Å². The average molecular weight is 483 g/mol. The molecule has 0 saturated carbocycles. The predicted octanol–water partition coefficient (Wildman–Crippen LogP) is 4.74. The first-order valence-corrected chi connectivity index (χ1v) is 12.6. The molecule has 4 aromatic rings. The van der Waals surface area contributed by atoms with E-state index in [1.807, 2.05) is 33.1 Å². The van der Waals surface area contributed by atoms with Gasteiger partial charge in [0.25, 0.3) is 11.6 Å². The Hall–Kier alpha value is -3.14. The Morgan fingerprint density at radius 3 is 2.68 bits per heavy atom. The minimum absolute atomic E-state index is 0.189. The number of pyridine rings is 1. The van der Waals surface area contributed by atoms with Gasteiger partial charge >= 0.3 is 0 Å². The molecule has 0 unspecified atom stereocenters. The third-order valence-corrected chi connectivity index (χ3v) is 6.23. The highest BCUT2D eigenvalue weighted by Gasteiger charge is 2.21. The second-order valence-electron chi connectivity index (χ2n) is 8.80. The zero-order chi connectivity index (χ0) is 24.4. The highest BCUT2D eigenvalue weighted by molar-refractivity contribution is 7.98. The van der Waals surface area contributed by atoms with Crippen LogP contribution in [0.4, 0.5) is 0 Å². The number of aryl methyl sites for hydroxylation is 4. The van der Waals surface area contributed by atoms with Crippen LogP contribution in [0.15, 0.2) is 26.2 Å². The largest absolute Gasteiger partial charge is 0.466 e. The van der Waals surface area contributed by atoms with Crippen molar-refractivity contribution in [2.75, 3.05) is 12.8 Å². The Bertz CT molecular complexity index is 1320. The number of fused-ring (bicyclic) bond motifs is 1. The van der Waals surface area contributed by atoms with Gasteiger partial charge in [0.1, 0.15) is 17.3 Å². The zero-order valence-corrected chi connectivity index (χ0v) is 21.2. The van der Waals surface area contributed by atoms with E-state index in [1.165, 1.54) is 0 Å². The summed E-state index contributed by atoms with van der Waals surface area (Å²) in [6.45, 7) is 11.3. The van der Waals surface area contributed by atoms with E-state index < -0.39 is 0 Å². The lowest BCUT2D eigenvalue weighted by Gasteiger charge is -2.12. The summed E-state index contributed by atoms with van der Waals surface area (Å²) in [5, 5.41) is 17.3. The van der Waals surface area contributed by atoms with E-state index in [9.17, 15) is 4.79 Å². The number of rotatable bonds is 9. The molecular formula is C24H30N6O3S. The first kappa shape index (κ1) is 24.0. The van der Waals surface area contributed by atoms with E-state index in [1.54, 1.807) is 17.8 Å². The van der Waals surface area contributed by atoms with E-state index in [0.717, 1.165) is 47.5 Å². The lowest BCUT2D eigenvalue weighted by molar-refractivity contribution is 0.0954. The topological polar surface area (TPSA) is 112 Å². The van der Waals surface area contributed by atoms with Crippen LogP contribution >= 0.6 is 11.8 Å². The first-order chi connectivity index (χ1) is 16.3. The number of carbonyl (C=O) groups excluding carboxylic acids is 1. The van der Waals surface area contributed by atoms with Gasteiger partial charge in [-0.05, 0) is 51.5 Å². The monoisotopic (exact) mass is 482 g/mol. The van der Waals surface area contributed by atoms with E-state index in [-0.39, 0.29) is 5.91 Å². The molecular weight excluding hydrogens is 452 g/mol. The third kappa shape index (κ3) is 4.86. The summed E-state index contributed by atoms with van der Waals surface area (Å²) in [4.78, 5) is 17.8. The summed E-state index contributed by atoms with van der Waals surface area (Å²) in [6, 6.07) is 3.69. The van der Waals surface area contributed by atoms with Crippen LogP contribution in [0.2, 0.25) is 0 Å². The lowest BCUT2D eigenvalue weighted by atomic mass is 10.1. The number of hydrogen-bond donors (Lipinski definition) is 1. The van der Waals surface area contributed by atoms with Crippen molar-refractivity contribution in [1.82, 2.24) is 30.2 Å². The first-order valence-electron chi connectivity index (χ1n) is 11.4. The molecule has 0 aliphatic carbocycles. The molecule has 4 aromatic heterocycles. The normalized spacial score (nSPS) is 11.6. The minimum atomic E-state index is -0.189. The maximum atomic E-state index is 13.2. The molecule has 34 heavy (non-hydrogen) atoms.